The summed E-state index contributed by atoms with van der Waals surface area (Å²) in [4.78, 5) is 17.6. The highest BCUT2D eigenvalue weighted by Gasteiger charge is 2.28. The Labute approximate surface area is 179 Å². The lowest BCUT2D eigenvalue weighted by atomic mass is 10.0. The molecule has 0 aliphatic carbocycles. The molecular weight excluding hydrogens is 461 g/mol. The van der Waals surface area contributed by atoms with E-state index in [2.05, 4.69) is 40.7 Å². The molecule has 0 radical (unpaired) electrons. The van der Waals surface area contributed by atoms with Crippen LogP contribution in [0.2, 0.25) is 25.7 Å². The smallest absolute Gasteiger partial charge is 0.280 e. The number of carbonyl (C=O) groups excluding carboxylic acids is 1. The molecule has 1 atom stereocenters. The van der Waals surface area contributed by atoms with Crippen LogP contribution in [0.4, 0.5) is 4.39 Å². The summed E-state index contributed by atoms with van der Waals surface area (Å²) in [5.41, 5.74) is 0.829. The normalized spacial score (nSPS) is 12.8. The third kappa shape index (κ3) is 6.19. The molecule has 0 fully saturated rings. The van der Waals surface area contributed by atoms with Crippen molar-refractivity contribution in [2.24, 2.45) is 0 Å². The first-order valence-electron chi connectivity index (χ1n) is 9.13. The van der Waals surface area contributed by atoms with Gasteiger partial charge >= 0.3 is 0 Å². The predicted octanol–water partition coefficient (Wildman–Crippen LogP) is 3.81. The highest BCUT2D eigenvalue weighted by Crippen LogP contribution is 2.31. The fourth-order valence-corrected chi connectivity index (χ4v) is 3.93. The van der Waals surface area contributed by atoms with Crippen LogP contribution < -0.4 is 0 Å². The molecular formula is C19H27BrFN3O4Si. The first-order chi connectivity index (χ1) is 13.5. The monoisotopic (exact) mass is 487 g/mol. The highest BCUT2D eigenvalue weighted by atomic mass is 79.9. The second kappa shape index (κ2) is 9.94. The number of halogens is 2. The van der Waals surface area contributed by atoms with Crippen LogP contribution >= 0.6 is 15.9 Å². The summed E-state index contributed by atoms with van der Waals surface area (Å²) in [5.74, 6) is -0.903. The van der Waals surface area contributed by atoms with Crippen LogP contribution in [0.25, 0.3) is 0 Å². The fraction of sp³-hybridized carbons (Fsp3) is 0.474. The molecule has 10 heteroatoms. The predicted molar refractivity (Wildman–Crippen MR) is 114 cm³/mol. The van der Waals surface area contributed by atoms with Crippen molar-refractivity contribution in [3.63, 3.8) is 0 Å². The molecule has 1 aromatic carbocycles. The van der Waals surface area contributed by atoms with E-state index < -0.39 is 25.9 Å². The zero-order chi connectivity index (χ0) is 21.8. The van der Waals surface area contributed by atoms with Crippen LogP contribution in [0.5, 0.6) is 0 Å². The van der Waals surface area contributed by atoms with Crippen LogP contribution in [0.3, 0.4) is 0 Å². The van der Waals surface area contributed by atoms with E-state index in [-0.39, 0.29) is 18.0 Å². The Hall–Kier alpha value is -1.59. The SMILES string of the molecule is CON(C)C(=O)c1cnn(COCC[Si](C)(C)C)c1C(O)c1ccc(F)cc1Br. The number of carbonyl (C=O) groups is 1. The molecule has 1 heterocycles. The third-order valence-electron chi connectivity index (χ3n) is 4.40. The summed E-state index contributed by atoms with van der Waals surface area (Å²) >= 11 is 3.27. The number of benzene rings is 1. The number of amides is 1. The van der Waals surface area contributed by atoms with Crippen molar-refractivity contribution in [3.8, 4) is 0 Å². The minimum Gasteiger partial charge on any atom is -0.382 e. The van der Waals surface area contributed by atoms with Crippen molar-refractivity contribution in [2.75, 3.05) is 20.8 Å². The molecule has 0 spiro atoms. The molecule has 0 bridgehead atoms. The number of aliphatic hydroxyl groups excluding tert-OH is 1. The van der Waals surface area contributed by atoms with Crippen molar-refractivity contribution in [1.29, 1.82) is 0 Å². The maximum absolute atomic E-state index is 13.5. The van der Waals surface area contributed by atoms with Crippen molar-refractivity contribution in [1.82, 2.24) is 14.8 Å². The molecule has 0 saturated heterocycles. The maximum atomic E-state index is 13.5. The topological polar surface area (TPSA) is 76.8 Å². The van der Waals surface area contributed by atoms with Crippen LogP contribution in [-0.4, -0.2) is 54.7 Å². The van der Waals surface area contributed by atoms with E-state index in [9.17, 15) is 14.3 Å². The van der Waals surface area contributed by atoms with E-state index in [1.807, 2.05) is 0 Å². The number of hydrogen-bond donors (Lipinski definition) is 1. The number of nitrogens with zero attached hydrogens (tertiary/aromatic N) is 3. The molecule has 29 heavy (non-hydrogen) atoms. The van der Waals surface area contributed by atoms with Gasteiger partial charge in [-0.1, -0.05) is 41.6 Å². The van der Waals surface area contributed by atoms with E-state index in [1.54, 1.807) is 0 Å². The lowest BCUT2D eigenvalue weighted by molar-refractivity contribution is -0.0759. The molecule has 2 rings (SSSR count). The third-order valence-corrected chi connectivity index (χ3v) is 6.79. The largest absolute Gasteiger partial charge is 0.382 e. The molecule has 0 aliphatic rings. The Bertz CT molecular complexity index is 856. The summed E-state index contributed by atoms with van der Waals surface area (Å²) in [7, 11) is 1.58. The summed E-state index contributed by atoms with van der Waals surface area (Å²) in [6.45, 7) is 7.40. The maximum Gasteiger partial charge on any atom is 0.280 e. The van der Waals surface area contributed by atoms with Gasteiger partial charge < -0.3 is 9.84 Å². The van der Waals surface area contributed by atoms with Crippen LogP contribution in [0.15, 0.2) is 28.9 Å². The number of ether oxygens (including phenoxy) is 1. The van der Waals surface area contributed by atoms with Gasteiger partial charge in [-0.25, -0.2) is 14.1 Å². The summed E-state index contributed by atoms with van der Waals surface area (Å²) in [6.07, 6.45) is 0.146. The molecule has 0 aliphatic heterocycles. The second-order valence-electron chi connectivity index (χ2n) is 7.84. The average Bonchev–Trinajstić information content (AvgIpc) is 3.06. The molecule has 7 nitrogen and oxygen atoms in total. The Morgan fingerprint density at radius 1 is 1.41 bits per heavy atom. The van der Waals surface area contributed by atoms with Gasteiger partial charge in [0.15, 0.2) is 0 Å². The van der Waals surface area contributed by atoms with Gasteiger partial charge in [0.25, 0.3) is 5.91 Å². The van der Waals surface area contributed by atoms with Crippen molar-refractivity contribution >= 4 is 29.9 Å². The van der Waals surface area contributed by atoms with Gasteiger partial charge in [-0.2, -0.15) is 5.10 Å². The fourth-order valence-electron chi connectivity index (χ4n) is 2.60. The number of hydroxylamine groups is 2. The van der Waals surface area contributed by atoms with Gasteiger partial charge in [0, 0.05) is 31.8 Å². The lowest BCUT2D eigenvalue weighted by Gasteiger charge is -2.20. The molecule has 0 saturated carbocycles. The molecule has 1 amide bonds. The zero-order valence-corrected chi connectivity index (χ0v) is 19.9. The van der Waals surface area contributed by atoms with E-state index in [1.165, 1.54) is 43.2 Å². The van der Waals surface area contributed by atoms with Gasteiger partial charge in [-0.05, 0) is 18.2 Å². The van der Waals surface area contributed by atoms with Gasteiger partial charge in [0.2, 0.25) is 0 Å². The van der Waals surface area contributed by atoms with Crippen molar-refractivity contribution in [3.05, 3.63) is 51.5 Å². The van der Waals surface area contributed by atoms with Crippen molar-refractivity contribution < 1.29 is 23.9 Å². The second-order valence-corrected chi connectivity index (χ2v) is 14.3. The number of aliphatic hydroxyl groups is 1. The Morgan fingerprint density at radius 2 is 2.10 bits per heavy atom. The molecule has 160 valence electrons. The van der Waals surface area contributed by atoms with Crippen LogP contribution in [0, 0.1) is 5.82 Å². The van der Waals surface area contributed by atoms with Gasteiger partial charge in [-0.3, -0.25) is 9.63 Å². The minimum atomic E-state index is -1.25. The Kier molecular flexibility index (Phi) is 8.12. The summed E-state index contributed by atoms with van der Waals surface area (Å²) in [6, 6.07) is 4.94. The number of rotatable bonds is 9. The van der Waals surface area contributed by atoms with E-state index in [0.717, 1.165) is 11.1 Å². The zero-order valence-electron chi connectivity index (χ0n) is 17.3. The molecule has 1 aromatic heterocycles. The van der Waals surface area contributed by atoms with Gasteiger partial charge in [0.05, 0.1) is 24.6 Å². The average molecular weight is 488 g/mol. The molecule has 1 N–H and O–H groups in total. The summed E-state index contributed by atoms with van der Waals surface area (Å²) in [5, 5.41) is 16.3. The Balaban J connectivity index is 2.36. The summed E-state index contributed by atoms with van der Waals surface area (Å²) < 4.78 is 21.0. The minimum absolute atomic E-state index is 0.0830. The number of hydrogen-bond acceptors (Lipinski definition) is 5. The van der Waals surface area contributed by atoms with Crippen LogP contribution in [-0.2, 0) is 16.3 Å². The van der Waals surface area contributed by atoms with Crippen molar-refractivity contribution in [2.45, 2.75) is 38.5 Å². The standard InChI is InChI=1S/C19H27BrFN3O4Si/c1-23(27-2)19(26)15-11-22-24(12-28-8-9-29(3,4)5)17(15)18(25)14-7-6-13(21)10-16(14)20/h6-7,10-11,18,25H,8-9,12H2,1-5H3. The van der Waals surface area contributed by atoms with Gasteiger partial charge in [0.1, 0.15) is 18.7 Å². The quantitative estimate of drug-likeness (QED) is 0.330. The highest BCUT2D eigenvalue weighted by molar-refractivity contribution is 9.10. The van der Waals surface area contributed by atoms with E-state index in [0.29, 0.717) is 16.6 Å². The van der Waals surface area contributed by atoms with Gasteiger partial charge in [-0.15, -0.1) is 0 Å². The van der Waals surface area contributed by atoms with Crippen LogP contribution in [0.1, 0.15) is 27.7 Å². The van der Waals surface area contributed by atoms with E-state index >= 15 is 0 Å². The first kappa shape index (κ1) is 23.7. The Morgan fingerprint density at radius 3 is 2.69 bits per heavy atom. The molecule has 2 aromatic rings. The first-order valence-corrected chi connectivity index (χ1v) is 13.6. The van der Waals surface area contributed by atoms with E-state index in [4.69, 9.17) is 9.57 Å². The lowest BCUT2D eigenvalue weighted by Crippen LogP contribution is -2.27. The number of aromatic nitrogens is 2. The molecule has 1 unspecified atom stereocenters.